The molecule has 0 aliphatic heterocycles. The third-order valence-corrected chi connectivity index (χ3v) is 3.22. The second-order valence-corrected chi connectivity index (χ2v) is 5.05. The van der Waals surface area contributed by atoms with Crippen LogP contribution in [0.5, 0.6) is 0 Å². The Hall–Kier alpha value is -0.550. The van der Waals surface area contributed by atoms with Crippen molar-refractivity contribution in [2.24, 2.45) is 0 Å². The molecule has 17 heavy (non-hydrogen) atoms. The van der Waals surface area contributed by atoms with Gasteiger partial charge in [0.05, 0.1) is 11.4 Å². The minimum atomic E-state index is -4.27. The van der Waals surface area contributed by atoms with Crippen LogP contribution in [0.2, 0.25) is 0 Å². The highest BCUT2D eigenvalue weighted by Gasteiger charge is 2.27. The van der Waals surface area contributed by atoms with Gasteiger partial charge in [-0.25, -0.2) is 0 Å². The molecule has 0 bridgehead atoms. The van der Waals surface area contributed by atoms with Crippen molar-refractivity contribution >= 4 is 15.9 Å². The average molecular weight is 311 g/mol. The van der Waals surface area contributed by atoms with Crippen LogP contribution < -0.4 is 0 Å². The van der Waals surface area contributed by atoms with E-state index >= 15 is 0 Å². The van der Waals surface area contributed by atoms with Crippen molar-refractivity contribution in [3.63, 3.8) is 0 Å². The molecule has 1 aromatic rings. The normalized spacial score (nSPS) is 13.8. The van der Waals surface area contributed by atoms with E-state index < -0.39 is 12.8 Å². The van der Waals surface area contributed by atoms with Gasteiger partial charge in [0.1, 0.15) is 6.61 Å². The summed E-state index contributed by atoms with van der Waals surface area (Å²) in [6, 6.07) is 5.78. The Morgan fingerprint density at radius 3 is 2.41 bits per heavy atom. The Morgan fingerprint density at radius 2 is 1.88 bits per heavy atom. The zero-order valence-corrected chi connectivity index (χ0v) is 11.2. The molecular formula is C12H14BrF3O. The molecule has 0 amide bonds. The van der Waals surface area contributed by atoms with E-state index in [0.717, 1.165) is 16.7 Å². The average Bonchev–Trinajstić information content (AvgIpc) is 2.20. The van der Waals surface area contributed by atoms with Gasteiger partial charge in [0.2, 0.25) is 0 Å². The summed E-state index contributed by atoms with van der Waals surface area (Å²) in [7, 11) is 0. The van der Waals surface area contributed by atoms with Crippen molar-refractivity contribution in [2.45, 2.75) is 24.9 Å². The van der Waals surface area contributed by atoms with Crippen molar-refractivity contribution in [1.82, 2.24) is 0 Å². The van der Waals surface area contributed by atoms with Gasteiger partial charge in [-0.15, -0.1) is 0 Å². The van der Waals surface area contributed by atoms with Crippen LogP contribution >= 0.6 is 15.9 Å². The summed E-state index contributed by atoms with van der Waals surface area (Å²) in [5.41, 5.74) is 3.20. The Morgan fingerprint density at radius 1 is 1.24 bits per heavy atom. The quantitative estimate of drug-likeness (QED) is 0.753. The van der Waals surface area contributed by atoms with Gasteiger partial charge in [0.15, 0.2) is 0 Å². The first kappa shape index (κ1) is 14.5. The molecular weight excluding hydrogens is 297 g/mol. The zero-order chi connectivity index (χ0) is 13.1. The van der Waals surface area contributed by atoms with E-state index in [1.165, 1.54) is 0 Å². The summed E-state index contributed by atoms with van der Waals surface area (Å²) in [4.78, 5) is -0.218. The molecule has 0 saturated heterocycles. The maximum atomic E-state index is 11.9. The Labute approximate surface area is 107 Å². The third kappa shape index (κ3) is 5.08. The standard InChI is InChI=1S/C12H14BrF3O/c1-8-3-4-10(5-9(8)2)11(13)6-17-7-12(14,15)16/h3-5,11H,6-7H2,1-2H3. The lowest BCUT2D eigenvalue weighted by Crippen LogP contribution is -2.18. The molecule has 1 aromatic carbocycles. The largest absolute Gasteiger partial charge is 0.411 e. The smallest absolute Gasteiger partial charge is 0.371 e. The van der Waals surface area contributed by atoms with Crippen molar-refractivity contribution in [3.8, 4) is 0 Å². The number of hydrogen-bond donors (Lipinski definition) is 0. The van der Waals surface area contributed by atoms with Crippen molar-refractivity contribution in [2.75, 3.05) is 13.2 Å². The first-order chi connectivity index (χ1) is 7.79. The number of aryl methyl sites for hydroxylation is 2. The lowest BCUT2D eigenvalue weighted by molar-refractivity contribution is -0.173. The molecule has 0 aliphatic carbocycles. The minimum absolute atomic E-state index is 0.00199. The van der Waals surface area contributed by atoms with E-state index in [1.54, 1.807) is 0 Å². The molecule has 1 atom stereocenters. The lowest BCUT2D eigenvalue weighted by Gasteiger charge is -2.13. The number of rotatable bonds is 4. The summed E-state index contributed by atoms with van der Waals surface area (Å²) in [6.07, 6.45) is -4.27. The van der Waals surface area contributed by atoms with Gasteiger partial charge in [-0.05, 0) is 30.5 Å². The molecule has 0 radical (unpaired) electrons. The van der Waals surface area contributed by atoms with Crippen LogP contribution in [0.15, 0.2) is 18.2 Å². The van der Waals surface area contributed by atoms with Gasteiger partial charge in [-0.3, -0.25) is 0 Å². The molecule has 0 spiro atoms. The monoisotopic (exact) mass is 310 g/mol. The van der Waals surface area contributed by atoms with Crippen molar-refractivity contribution < 1.29 is 17.9 Å². The molecule has 0 saturated carbocycles. The molecule has 0 heterocycles. The highest BCUT2D eigenvalue weighted by Crippen LogP contribution is 2.25. The van der Waals surface area contributed by atoms with E-state index in [1.807, 2.05) is 32.0 Å². The van der Waals surface area contributed by atoms with Crippen LogP contribution in [-0.4, -0.2) is 19.4 Å². The maximum absolute atomic E-state index is 11.9. The van der Waals surface area contributed by atoms with Crippen LogP contribution in [0.4, 0.5) is 13.2 Å². The van der Waals surface area contributed by atoms with E-state index in [9.17, 15) is 13.2 Å². The Kier molecular flexibility index (Phi) is 5.01. The topological polar surface area (TPSA) is 9.23 Å². The fourth-order valence-corrected chi connectivity index (χ4v) is 1.81. The van der Waals surface area contributed by atoms with Crippen molar-refractivity contribution in [3.05, 3.63) is 34.9 Å². The van der Waals surface area contributed by atoms with Crippen LogP contribution in [0, 0.1) is 13.8 Å². The second kappa shape index (κ2) is 5.87. The molecule has 1 nitrogen and oxygen atoms in total. The molecule has 1 unspecified atom stereocenters. The van der Waals surface area contributed by atoms with E-state index in [4.69, 9.17) is 0 Å². The van der Waals surface area contributed by atoms with Crippen LogP contribution in [0.1, 0.15) is 21.5 Å². The van der Waals surface area contributed by atoms with Crippen LogP contribution in [-0.2, 0) is 4.74 Å². The predicted molar refractivity (Wildman–Crippen MR) is 64.5 cm³/mol. The number of ether oxygens (including phenoxy) is 1. The van der Waals surface area contributed by atoms with Crippen LogP contribution in [0.3, 0.4) is 0 Å². The summed E-state index contributed by atoms with van der Waals surface area (Å²) < 4.78 is 40.3. The molecule has 0 fully saturated rings. The van der Waals surface area contributed by atoms with Gasteiger partial charge in [-0.2, -0.15) is 13.2 Å². The third-order valence-electron chi connectivity index (χ3n) is 2.42. The van der Waals surface area contributed by atoms with E-state index in [0.29, 0.717) is 0 Å². The Balaban J connectivity index is 2.52. The van der Waals surface area contributed by atoms with Crippen molar-refractivity contribution in [1.29, 1.82) is 0 Å². The lowest BCUT2D eigenvalue weighted by atomic mass is 10.0. The molecule has 0 N–H and O–H groups in total. The SMILES string of the molecule is Cc1ccc(C(Br)COCC(F)(F)F)cc1C. The molecule has 1 rings (SSSR count). The van der Waals surface area contributed by atoms with Gasteiger partial charge in [-0.1, -0.05) is 34.1 Å². The highest BCUT2D eigenvalue weighted by atomic mass is 79.9. The summed E-state index contributed by atoms with van der Waals surface area (Å²) in [5, 5.41) is 0. The fraction of sp³-hybridized carbons (Fsp3) is 0.500. The fourth-order valence-electron chi connectivity index (χ4n) is 1.33. The summed E-state index contributed by atoms with van der Waals surface area (Å²) in [6.45, 7) is 2.75. The summed E-state index contributed by atoms with van der Waals surface area (Å²) >= 11 is 3.32. The number of halogens is 4. The second-order valence-electron chi connectivity index (χ2n) is 3.94. The van der Waals surface area contributed by atoms with Gasteiger partial charge in [0.25, 0.3) is 0 Å². The van der Waals surface area contributed by atoms with Gasteiger partial charge < -0.3 is 4.74 Å². The Bertz CT molecular complexity index is 377. The van der Waals surface area contributed by atoms with E-state index in [-0.39, 0.29) is 11.4 Å². The molecule has 96 valence electrons. The number of hydrogen-bond acceptors (Lipinski definition) is 1. The van der Waals surface area contributed by atoms with Crippen LogP contribution in [0.25, 0.3) is 0 Å². The number of benzene rings is 1. The molecule has 5 heteroatoms. The maximum Gasteiger partial charge on any atom is 0.411 e. The molecule has 0 aromatic heterocycles. The van der Waals surface area contributed by atoms with Gasteiger partial charge in [0, 0.05) is 0 Å². The number of alkyl halides is 4. The van der Waals surface area contributed by atoms with Gasteiger partial charge >= 0.3 is 6.18 Å². The minimum Gasteiger partial charge on any atom is -0.371 e. The predicted octanol–water partition coefficient (Wildman–Crippen LogP) is 4.32. The highest BCUT2D eigenvalue weighted by molar-refractivity contribution is 9.09. The first-order valence-electron chi connectivity index (χ1n) is 5.15. The first-order valence-corrected chi connectivity index (χ1v) is 6.07. The zero-order valence-electron chi connectivity index (χ0n) is 9.64. The molecule has 0 aliphatic rings. The van der Waals surface area contributed by atoms with E-state index in [2.05, 4.69) is 20.7 Å². The summed E-state index contributed by atoms with van der Waals surface area (Å²) in [5.74, 6) is 0.